The number of halogens is 1. The summed E-state index contributed by atoms with van der Waals surface area (Å²) >= 11 is 0. The molecule has 2 heteroatoms. The Morgan fingerprint density at radius 2 is 1.69 bits per heavy atom. The van der Waals surface area contributed by atoms with Crippen LogP contribution in [0.25, 0.3) is 0 Å². The number of hydrogen-bond acceptors (Lipinski definition) is 0. The molecule has 1 nitrogen and oxygen atoms in total. The average molecular weight is 335 g/mol. The molecule has 0 aromatic carbocycles. The molecule has 1 fully saturated rings. The lowest BCUT2D eigenvalue weighted by Crippen LogP contribution is -3.00. The van der Waals surface area contributed by atoms with Crippen LogP contribution in [-0.4, -0.2) is 31.2 Å². The van der Waals surface area contributed by atoms with E-state index in [0.717, 1.165) is 13.0 Å². The second-order valence-electron chi connectivity index (χ2n) is 5.10. The van der Waals surface area contributed by atoms with E-state index in [1.807, 2.05) is 0 Å². The van der Waals surface area contributed by atoms with Crippen molar-refractivity contribution in [2.24, 2.45) is 0 Å². The van der Waals surface area contributed by atoms with Crippen LogP contribution in [0.2, 0.25) is 0 Å². The molecule has 1 rings (SSSR count). The van der Waals surface area contributed by atoms with Crippen LogP contribution in [0.1, 0.15) is 51.9 Å². The van der Waals surface area contributed by atoms with E-state index >= 15 is 0 Å². The number of likely N-dealkylation sites (tertiary alicyclic amines) is 1. The van der Waals surface area contributed by atoms with Crippen molar-refractivity contribution in [1.82, 2.24) is 0 Å². The molecule has 0 amide bonds. The largest absolute Gasteiger partial charge is 1.00 e. The third-order valence-corrected chi connectivity index (χ3v) is 3.39. The van der Waals surface area contributed by atoms with Crippen LogP contribution in [0.5, 0.6) is 0 Å². The third kappa shape index (κ3) is 6.75. The molecular formula is C14H26IN. The summed E-state index contributed by atoms with van der Waals surface area (Å²) in [7, 11) is 2.36. The fraction of sp³-hybridized carbons (Fsp3) is 0.857. The summed E-state index contributed by atoms with van der Waals surface area (Å²) in [4.78, 5) is 0. The molecule has 0 aliphatic carbocycles. The van der Waals surface area contributed by atoms with Crippen LogP contribution in [0.15, 0.2) is 0 Å². The zero-order chi connectivity index (χ0) is 11.0. The number of piperidine rings is 1. The van der Waals surface area contributed by atoms with Gasteiger partial charge in [-0.05, 0) is 31.6 Å². The second-order valence-corrected chi connectivity index (χ2v) is 5.10. The highest BCUT2D eigenvalue weighted by molar-refractivity contribution is 4.99. The lowest BCUT2D eigenvalue weighted by atomic mass is 10.1. The first-order chi connectivity index (χ1) is 7.27. The Hall–Kier alpha value is 0.250. The zero-order valence-corrected chi connectivity index (χ0v) is 13.1. The highest BCUT2D eigenvalue weighted by Crippen LogP contribution is 2.15. The maximum Gasteiger partial charge on any atom is 0.140 e. The number of quaternary nitrogens is 1. The van der Waals surface area contributed by atoms with Crippen molar-refractivity contribution in [2.75, 3.05) is 26.7 Å². The lowest BCUT2D eigenvalue weighted by Gasteiger charge is -2.35. The smallest absolute Gasteiger partial charge is 0.140 e. The SMILES string of the molecule is CCCCCC#CC[N+]1(C)CCCCC1.[I-]. The fourth-order valence-electron chi connectivity index (χ4n) is 2.23. The van der Waals surface area contributed by atoms with Crippen molar-refractivity contribution < 1.29 is 28.5 Å². The van der Waals surface area contributed by atoms with Crippen molar-refractivity contribution >= 4 is 0 Å². The standard InChI is InChI=1S/C14H26N.HI/c1-3-4-5-6-7-9-12-15(2)13-10-8-11-14-15;/h3-6,8,10-14H2,1-2H3;1H/q+1;/p-1. The van der Waals surface area contributed by atoms with E-state index in [2.05, 4.69) is 25.8 Å². The molecule has 1 heterocycles. The van der Waals surface area contributed by atoms with Gasteiger partial charge in [0, 0.05) is 6.42 Å². The molecular weight excluding hydrogens is 309 g/mol. The molecule has 16 heavy (non-hydrogen) atoms. The fourth-order valence-corrected chi connectivity index (χ4v) is 2.23. The van der Waals surface area contributed by atoms with Crippen molar-refractivity contribution in [2.45, 2.75) is 51.9 Å². The van der Waals surface area contributed by atoms with Crippen LogP contribution < -0.4 is 24.0 Å². The van der Waals surface area contributed by atoms with E-state index in [1.54, 1.807) is 0 Å². The van der Waals surface area contributed by atoms with Crippen LogP contribution in [0, 0.1) is 11.8 Å². The average Bonchev–Trinajstić information content (AvgIpc) is 2.24. The molecule has 0 atom stereocenters. The summed E-state index contributed by atoms with van der Waals surface area (Å²) in [6.07, 6.45) is 9.25. The quantitative estimate of drug-likeness (QED) is 0.298. The van der Waals surface area contributed by atoms with Crippen LogP contribution in [0.4, 0.5) is 0 Å². The lowest BCUT2D eigenvalue weighted by molar-refractivity contribution is -0.907. The van der Waals surface area contributed by atoms with E-state index in [1.165, 1.54) is 56.1 Å². The molecule has 94 valence electrons. The molecule has 0 N–H and O–H groups in total. The van der Waals surface area contributed by atoms with Crippen LogP contribution >= 0.6 is 0 Å². The van der Waals surface area contributed by atoms with Gasteiger partial charge in [-0.15, -0.1) is 0 Å². The third-order valence-electron chi connectivity index (χ3n) is 3.39. The molecule has 0 aromatic heterocycles. The molecule has 1 aliphatic heterocycles. The van der Waals surface area contributed by atoms with E-state index in [-0.39, 0.29) is 24.0 Å². The van der Waals surface area contributed by atoms with Gasteiger partial charge >= 0.3 is 0 Å². The molecule has 1 saturated heterocycles. The Bertz CT molecular complexity index is 221. The van der Waals surface area contributed by atoms with Crippen molar-refractivity contribution in [3.8, 4) is 11.8 Å². The maximum atomic E-state index is 3.38. The van der Waals surface area contributed by atoms with Gasteiger partial charge in [0.15, 0.2) is 0 Å². The highest BCUT2D eigenvalue weighted by atomic mass is 127. The normalized spacial score (nSPS) is 18.1. The number of unbranched alkanes of at least 4 members (excludes halogenated alkanes) is 3. The number of hydrogen-bond donors (Lipinski definition) is 0. The van der Waals surface area contributed by atoms with Crippen LogP contribution in [-0.2, 0) is 0 Å². The minimum absolute atomic E-state index is 0. The monoisotopic (exact) mass is 335 g/mol. The highest BCUT2D eigenvalue weighted by Gasteiger charge is 2.22. The Balaban J connectivity index is 0.00000225. The molecule has 0 saturated carbocycles. The zero-order valence-electron chi connectivity index (χ0n) is 10.9. The Morgan fingerprint density at radius 1 is 1.00 bits per heavy atom. The molecule has 0 spiro atoms. The summed E-state index contributed by atoms with van der Waals surface area (Å²) in [5.41, 5.74) is 0. The van der Waals surface area contributed by atoms with Gasteiger partial charge < -0.3 is 28.5 Å². The molecule has 0 bridgehead atoms. The summed E-state index contributed by atoms with van der Waals surface area (Å²) < 4.78 is 1.20. The van der Waals surface area contributed by atoms with E-state index < -0.39 is 0 Å². The van der Waals surface area contributed by atoms with Gasteiger partial charge in [0.2, 0.25) is 0 Å². The minimum Gasteiger partial charge on any atom is -1.00 e. The summed E-state index contributed by atoms with van der Waals surface area (Å²) in [5, 5.41) is 0. The van der Waals surface area contributed by atoms with Crippen molar-refractivity contribution in [1.29, 1.82) is 0 Å². The van der Waals surface area contributed by atoms with E-state index in [9.17, 15) is 0 Å². The first-order valence-corrected chi connectivity index (χ1v) is 6.56. The summed E-state index contributed by atoms with van der Waals surface area (Å²) in [5.74, 6) is 6.70. The second kappa shape index (κ2) is 9.30. The predicted octanol–water partition coefficient (Wildman–Crippen LogP) is 0.205. The van der Waals surface area contributed by atoms with Gasteiger partial charge in [0.05, 0.1) is 20.1 Å². The van der Waals surface area contributed by atoms with Gasteiger partial charge in [0.1, 0.15) is 6.54 Å². The Labute approximate surface area is 119 Å². The minimum atomic E-state index is 0. The van der Waals surface area contributed by atoms with Gasteiger partial charge in [-0.3, -0.25) is 0 Å². The van der Waals surface area contributed by atoms with Gasteiger partial charge in [-0.1, -0.05) is 25.7 Å². The molecule has 0 unspecified atom stereocenters. The molecule has 0 aromatic rings. The Kier molecular flexibility index (Phi) is 9.44. The topological polar surface area (TPSA) is 0 Å². The molecule has 1 aliphatic rings. The molecule has 0 radical (unpaired) electrons. The van der Waals surface area contributed by atoms with Crippen LogP contribution in [0.3, 0.4) is 0 Å². The number of rotatable bonds is 4. The van der Waals surface area contributed by atoms with Crippen molar-refractivity contribution in [3.05, 3.63) is 0 Å². The number of nitrogens with zero attached hydrogens (tertiary/aromatic N) is 1. The van der Waals surface area contributed by atoms with Gasteiger partial charge in [-0.25, -0.2) is 0 Å². The summed E-state index contributed by atoms with van der Waals surface area (Å²) in [6, 6.07) is 0. The van der Waals surface area contributed by atoms with Crippen molar-refractivity contribution in [3.63, 3.8) is 0 Å². The van der Waals surface area contributed by atoms with Gasteiger partial charge in [-0.2, -0.15) is 0 Å². The van der Waals surface area contributed by atoms with E-state index in [4.69, 9.17) is 0 Å². The summed E-state index contributed by atoms with van der Waals surface area (Å²) in [6.45, 7) is 5.99. The first-order valence-electron chi connectivity index (χ1n) is 6.56. The Morgan fingerprint density at radius 3 is 2.31 bits per heavy atom. The van der Waals surface area contributed by atoms with E-state index in [0.29, 0.717) is 0 Å². The predicted molar refractivity (Wildman–Crippen MR) is 66.6 cm³/mol. The first kappa shape index (κ1) is 16.2. The maximum absolute atomic E-state index is 3.38. The van der Waals surface area contributed by atoms with Gasteiger partial charge in [0.25, 0.3) is 0 Å².